The van der Waals surface area contributed by atoms with Crippen LogP contribution in [-0.4, -0.2) is 49.2 Å². The number of anilines is 2. The van der Waals surface area contributed by atoms with Crippen molar-refractivity contribution in [2.75, 3.05) is 43.5 Å². The SMILES string of the molecule is COc1ccc(C(=O)NC(=S)Nc2ccc(N3CCN(Cc4ccccc4F)CC3)cc2)cc1Cl. The standard InChI is InChI=1S/C26H26ClFN4O2S/c1-34-24-11-6-18(16-22(24)27)25(33)30-26(35)29-20-7-9-21(10-8-20)32-14-12-31(13-15-32)17-19-4-2-3-5-23(19)28/h2-11,16H,12-15,17H2,1H3,(H2,29,30,33,35). The Bertz CT molecular complexity index is 1200. The lowest BCUT2D eigenvalue weighted by Gasteiger charge is -2.36. The highest BCUT2D eigenvalue weighted by Crippen LogP contribution is 2.25. The first-order chi connectivity index (χ1) is 16.9. The average molecular weight is 513 g/mol. The van der Waals surface area contributed by atoms with E-state index >= 15 is 0 Å². The molecule has 4 rings (SSSR count). The molecule has 3 aromatic carbocycles. The molecule has 0 radical (unpaired) electrons. The number of benzene rings is 3. The van der Waals surface area contributed by atoms with Gasteiger partial charge in [0.1, 0.15) is 11.6 Å². The molecule has 1 aliphatic heterocycles. The molecule has 0 aliphatic carbocycles. The Labute approximate surface area is 214 Å². The summed E-state index contributed by atoms with van der Waals surface area (Å²) in [6.45, 7) is 4.06. The van der Waals surface area contributed by atoms with Crippen molar-refractivity contribution in [1.29, 1.82) is 0 Å². The van der Waals surface area contributed by atoms with Gasteiger partial charge in [0.05, 0.1) is 12.1 Å². The Balaban J connectivity index is 1.26. The van der Waals surface area contributed by atoms with Gasteiger partial charge in [-0.1, -0.05) is 29.8 Å². The van der Waals surface area contributed by atoms with Crippen LogP contribution in [0.15, 0.2) is 66.7 Å². The first-order valence-corrected chi connectivity index (χ1v) is 12.0. The van der Waals surface area contributed by atoms with E-state index in [4.69, 9.17) is 28.6 Å². The lowest BCUT2D eigenvalue weighted by Crippen LogP contribution is -2.46. The largest absolute Gasteiger partial charge is 0.495 e. The zero-order chi connectivity index (χ0) is 24.8. The van der Waals surface area contributed by atoms with Crippen molar-refractivity contribution < 1.29 is 13.9 Å². The summed E-state index contributed by atoms with van der Waals surface area (Å²) in [5, 5.41) is 6.23. The lowest BCUT2D eigenvalue weighted by molar-refractivity contribution is 0.0977. The van der Waals surface area contributed by atoms with Gasteiger partial charge in [-0.05, 0) is 60.7 Å². The molecule has 0 bridgehead atoms. The van der Waals surface area contributed by atoms with Crippen LogP contribution in [0.5, 0.6) is 5.75 Å². The summed E-state index contributed by atoms with van der Waals surface area (Å²) < 4.78 is 19.0. The third-order valence-electron chi connectivity index (χ3n) is 5.86. The maximum Gasteiger partial charge on any atom is 0.257 e. The van der Waals surface area contributed by atoms with E-state index in [9.17, 15) is 9.18 Å². The summed E-state index contributed by atoms with van der Waals surface area (Å²) >= 11 is 11.4. The second-order valence-electron chi connectivity index (χ2n) is 8.16. The molecule has 1 amide bonds. The summed E-state index contributed by atoms with van der Waals surface area (Å²) in [5.74, 6) is -0.0210. The highest BCUT2D eigenvalue weighted by molar-refractivity contribution is 7.80. The number of nitrogens with one attached hydrogen (secondary N) is 2. The Morgan fingerprint density at radius 2 is 1.77 bits per heavy atom. The van der Waals surface area contributed by atoms with Gasteiger partial charge in [-0.15, -0.1) is 0 Å². The van der Waals surface area contributed by atoms with Gasteiger partial charge in [0.15, 0.2) is 5.11 Å². The van der Waals surface area contributed by atoms with E-state index in [0.29, 0.717) is 22.9 Å². The summed E-state index contributed by atoms with van der Waals surface area (Å²) in [6.07, 6.45) is 0. The Kier molecular flexibility index (Phi) is 8.17. The highest BCUT2D eigenvalue weighted by atomic mass is 35.5. The minimum Gasteiger partial charge on any atom is -0.495 e. The van der Waals surface area contributed by atoms with Gasteiger partial charge in [-0.25, -0.2) is 4.39 Å². The molecule has 182 valence electrons. The van der Waals surface area contributed by atoms with Gasteiger partial charge >= 0.3 is 0 Å². The molecule has 1 saturated heterocycles. The van der Waals surface area contributed by atoms with Gasteiger partial charge in [0.2, 0.25) is 0 Å². The molecular weight excluding hydrogens is 487 g/mol. The normalized spacial score (nSPS) is 13.9. The van der Waals surface area contributed by atoms with Crippen LogP contribution in [0.2, 0.25) is 5.02 Å². The number of rotatable bonds is 6. The van der Waals surface area contributed by atoms with Crippen molar-refractivity contribution in [1.82, 2.24) is 10.2 Å². The highest BCUT2D eigenvalue weighted by Gasteiger charge is 2.18. The molecule has 0 spiro atoms. The first kappa shape index (κ1) is 24.9. The van der Waals surface area contributed by atoms with Gasteiger partial charge in [-0.2, -0.15) is 0 Å². The van der Waals surface area contributed by atoms with Gasteiger partial charge < -0.3 is 15.0 Å². The van der Waals surface area contributed by atoms with Crippen molar-refractivity contribution in [3.63, 3.8) is 0 Å². The molecule has 0 unspecified atom stereocenters. The van der Waals surface area contributed by atoms with E-state index in [0.717, 1.165) is 43.1 Å². The minimum absolute atomic E-state index is 0.153. The molecule has 0 atom stereocenters. The molecule has 35 heavy (non-hydrogen) atoms. The molecule has 1 aliphatic rings. The van der Waals surface area contributed by atoms with E-state index in [-0.39, 0.29) is 16.8 Å². The quantitative estimate of drug-likeness (QED) is 0.456. The monoisotopic (exact) mass is 512 g/mol. The second-order valence-corrected chi connectivity index (χ2v) is 8.97. The van der Waals surface area contributed by atoms with Crippen molar-refractivity contribution in [2.24, 2.45) is 0 Å². The van der Waals surface area contributed by atoms with Crippen molar-refractivity contribution in [2.45, 2.75) is 6.54 Å². The minimum atomic E-state index is -0.364. The van der Waals surface area contributed by atoms with Crippen molar-refractivity contribution in [3.8, 4) is 5.75 Å². The Hall–Kier alpha value is -3.20. The fraction of sp³-hybridized carbons (Fsp3) is 0.231. The first-order valence-electron chi connectivity index (χ1n) is 11.2. The number of halogens is 2. The molecule has 1 fully saturated rings. The number of hydrogen-bond donors (Lipinski definition) is 2. The van der Waals surface area contributed by atoms with E-state index in [1.54, 1.807) is 18.2 Å². The van der Waals surface area contributed by atoms with Crippen LogP contribution in [-0.2, 0) is 6.54 Å². The number of thiocarbonyl (C=S) groups is 1. The fourth-order valence-electron chi connectivity index (χ4n) is 3.93. The number of carbonyl (C=O) groups is 1. The van der Waals surface area contributed by atoms with Crippen LogP contribution >= 0.6 is 23.8 Å². The number of ether oxygens (including phenoxy) is 1. The second kappa shape index (κ2) is 11.5. The predicted molar refractivity (Wildman–Crippen MR) is 142 cm³/mol. The van der Waals surface area contributed by atoms with Crippen LogP contribution < -0.4 is 20.3 Å². The number of hydrogen-bond acceptors (Lipinski definition) is 5. The van der Waals surface area contributed by atoms with Crippen LogP contribution in [0.25, 0.3) is 0 Å². The van der Waals surface area contributed by atoms with Gasteiger partial charge in [0.25, 0.3) is 5.91 Å². The van der Waals surface area contributed by atoms with E-state index in [2.05, 4.69) is 20.4 Å². The molecule has 1 heterocycles. The Morgan fingerprint density at radius 3 is 2.43 bits per heavy atom. The van der Waals surface area contributed by atoms with Crippen LogP contribution in [0.1, 0.15) is 15.9 Å². The molecule has 0 saturated carbocycles. The zero-order valence-corrected chi connectivity index (χ0v) is 20.8. The number of nitrogens with zero attached hydrogens (tertiary/aromatic N) is 2. The van der Waals surface area contributed by atoms with E-state index < -0.39 is 0 Å². The maximum atomic E-state index is 13.9. The van der Waals surface area contributed by atoms with E-state index in [1.807, 2.05) is 36.4 Å². The molecule has 6 nitrogen and oxygen atoms in total. The number of carbonyl (C=O) groups excluding carboxylic acids is 1. The summed E-state index contributed by atoms with van der Waals surface area (Å²) in [4.78, 5) is 17.0. The zero-order valence-electron chi connectivity index (χ0n) is 19.3. The van der Waals surface area contributed by atoms with Crippen molar-refractivity contribution in [3.05, 3.63) is 88.7 Å². The van der Waals surface area contributed by atoms with Gasteiger partial charge in [0, 0.05) is 55.2 Å². The smallest absolute Gasteiger partial charge is 0.257 e. The molecule has 9 heteroatoms. The molecule has 0 aromatic heterocycles. The third-order valence-corrected chi connectivity index (χ3v) is 6.35. The topological polar surface area (TPSA) is 56.8 Å². The van der Waals surface area contributed by atoms with Gasteiger partial charge in [-0.3, -0.25) is 15.0 Å². The number of methoxy groups -OCH3 is 1. The summed E-state index contributed by atoms with van der Waals surface area (Å²) in [7, 11) is 1.51. The average Bonchev–Trinajstić information content (AvgIpc) is 2.86. The fourth-order valence-corrected chi connectivity index (χ4v) is 4.40. The number of amides is 1. The van der Waals surface area contributed by atoms with Crippen LogP contribution in [0.3, 0.4) is 0 Å². The molecule has 2 N–H and O–H groups in total. The van der Waals surface area contributed by atoms with Crippen LogP contribution in [0.4, 0.5) is 15.8 Å². The van der Waals surface area contributed by atoms with E-state index in [1.165, 1.54) is 19.2 Å². The van der Waals surface area contributed by atoms with Crippen molar-refractivity contribution >= 4 is 46.2 Å². The molecular formula is C26H26ClFN4O2S. The summed E-state index contributed by atoms with van der Waals surface area (Å²) in [5.41, 5.74) is 2.98. The Morgan fingerprint density at radius 1 is 1.06 bits per heavy atom. The predicted octanol–water partition coefficient (Wildman–Crippen LogP) is 4.94. The molecule has 3 aromatic rings. The third kappa shape index (κ3) is 6.48. The summed E-state index contributed by atoms with van der Waals surface area (Å²) in [6, 6.07) is 19.6. The van der Waals surface area contributed by atoms with Crippen LogP contribution in [0, 0.1) is 5.82 Å². The maximum absolute atomic E-state index is 13.9. The lowest BCUT2D eigenvalue weighted by atomic mass is 10.1. The number of piperazine rings is 1.